The van der Waals surface area contributed by atoms with Crippen molar-refractivity contribution in [3.8, 4) is 11.1 Å². The molecule has 8 nitrogen and oxygen atoms in total. The zero-order valence-corrected chi connectivity index (χ0v) is 21.8. The van der Waals surface area contributed by atoms with E-state index in [9.17, 15) is 9.90 Å². The number of hydrogen-bond donors (Lipinski definition) is 3. The van der Waals surface area contributed by atoms with E-state index in [2.05, 4.69) is 49.1 Å². The van der Waals surface area contributed by atoms with Gasteiger partial charge in [0.15, 0.2) is 0 Å². The average Bonchev–Trinajstić information content (AvgIpc) is 2.93. The van der Waals surface area contributed by atoms with Gasteiger partial charge in [0.1, 0.15) is 5.82 Å². The van der Waals surface area contributed by atoms with Crippen molar-refractivity contribution in [2.45, 2.75) is 13.0 Å². The van der Waals surface area contributed by atoms with Gasteiger partial charge in [-0.2, -0.15) is 0 Å². The van der Waals surface area contributed by atoms with E-state index in [1.54, 1.807) is 36.5 Å². The first-order valence-electron chi connectivity index (χ1n) is 12.9. The van der Waals surface area contributed by atoms with Crippen LogP contribution < -0.4 is 15.5 Å². The molecule has 1 atom stereocenters. The van der Waals surface area contributed by atoms with Gasteiger partial charge in [-0.1, -0.05) is 18.7 Å². The van der Waals surface area contributed by atoms with Gasteiger partial charge in [-0.05, 0) is 67.1 Å². The molecule has 5 rings (SSSR count). The Morgan fingerprint density at radius 2 is 1.87 bits per heavy atom. The molecule has 3 N–H and O–H groups in total. The van der Waals surface area contributed by atoms with Crippen LogP contribution in [0.3, 0.4) is 0 Å². The first-order chi connectivity index (χ1) is 18.9. The summed E-state index contributed by atoms with van der Waals surface area (Å²) in [6, 6.07) is 18.1. The van der Waals surface area contributed by atoms with E-state index < -0.39 is 5.82 Å². The summed E-state index contributed by atoms with van der Waals surface area (Å²) < 4.78 is 15.1. The number of fused-ring (bicyclic) bond motifs is 1. The fourth-order valence-corrected chi connectivity index (χ4v) is 4.80. The topological polar surface area (TPSA) is 93.6 Å². The number of carbonyl (C=O) groups excluding carboxylic acids is 1. The lowest BCUT2D eigenvalue weighted by Crippen LogP contribution is -2.48. The van der Waals surface area contributed by atoms with Gasteiger partial charge in [0.25, 0.3) is 0 Å². The predicted octanol–water partition coefficient (Wildman–Crippen LogP) is 4.81. The van der Waals surface area contributed by atoms with Crippen LogP contribution in [0.4, 0.5) is 27.4 Å². The number of hydrogen-bond acceptors (Lipinski definition) is 7. The Labute approximate surface area is 226 Å². The van der Waals surface area contributed by atoms with Crippen LogP contribution in [0.5, 0.6) is 0 Å². The molecule has 3 aromatic carbocycles. The van der Waals surface area contributed by atoms with Crippen LogP contribution in [-0.4, -0.2) is 64.7 Å². The molecule has 0 radical (unpaired) electrons. The molecule has 0 spiro atoms. The van der Waals surface area contributed by atoms with E-state index in [0.29, 0.717) is 40.2 Å². The molecule has 1 aliphatic heterocycles. The Kier molecular flexibility index (Phi) is 7.81. The maximum atomic E-state index is 15.1. The van der Waals surface area contributed by atoms with E-state index in [4.69, 9.17) is 0 Å². The Bertz CT molecular complexity index is 1480. The SMILES string of the molecule is C=CC(=O)Nc1cccc(-c2c(F)ccc3cnc(Nc4ccc(N5CCN(CC(C)O)CC5)cc4)nc23)c1. The average molecular weight is 527 g/mol. The number of aliphatic hydroxyl groups is 1. The summed E-state index contributed by atoms with van der Waals surface area (Å²) in [5, 5.41) is 16.3. The third-order valence-corrected chi connectivity index (χ3v) is 6.69. The number of piperazine rings is 1. The number of rotatable bonds is 8. The molecule has 2 heterocycles. The lowest BCUT2D eigenvalue weighted by Gasteiger charge is -2.36. The third kappa shape index (κ3) is 6.22. The van der Waals surface area contributed by atoms with Gasteiger partial charge in [-0.15, -0.1) is 0 Å². The molecule has 1 aromatic heterocycles. The molecule has 0 bridgehead atoms. The fourth-order valence-electron chi connectivity index (χ4n) is 4.80. The number of aromatic nitrogens is 2. The van der Waals surface area contributed by atoms with E-state index in [-0.39, 0.29) is 12.0 Å². The molecule has 0 aliphatic carbocycles. The van der Waals surface area contributed by atoms with Crippen LogP contribution in [0, 0.1) is 5.82 Å². The lowest BCUT2D eigenvalue weighted by atomic mass is 10.0. The first-order valence-corrected chi connectivity index (χ1v) is 12.9. The molecule has 0 saturated carbocycles. The van der Waals surface area contributed by atoms with Crippen LogP contribution in [0.25, 0.3) is 22.0 Å². The predicted molar refractivity (Wildman–Crippen MR) is 154 cm³/mol. The molecule has 1 aliphatic rings. The van der Waals surface area contributed by atoms with Crippen molar-refractivity contribution in [2.24, 2.45) is 0 Å². The van der Waals surface area contributed by atoms with Gasteiger partial charge < -0.3 is 20.6 Å². The van der Waals surface area contributed by atoms with Crippen LogP contribution >= 0.6 is 0 Å². The molecule has 39 heavy (non-hydrogen) atoms. The second-order valence-electron chi connectivity index (χ2n) is 9.64. The summed E-state index contributed by atoms with van der Waals surface area (Å²) in [4.78, 5) is 25.4. The molecule has 1 amide bonds. The number of anilines is 4. The van der Waals surface area contributed by atoms with Crippen LogP contribution in [-0.2, 0) is 4.79 Å². The Morgan fingerprint density at radius 3 is 2.59 bits per heavy atom. The zero-order chi connectivity index (χ0) is 27.4. The highest BCUT2D eigenvalue weighted by atomic mass is 19.1. The fraction of sp³-hybridized carbons (Fsp3) is 0.233. The molecule has 1 unspecified atom stereocenters. The van der Waals surface area contributed by atoms with Crippen molar-refractivity contribution in [3.63, 3.8) is 0 Å². The second-order valence-corrected chi connectivity index (χ2v) is 9.64. The van der Waals surface area contributed by atoms with Gasteiger partial charge in [-0.25, -0.2) is 14.4 Å². The summed E-state index contributed by atoms with van der Waals surface area (Å²) in [5.74, 6) is -0.411. The van der Waals surface area contributed by atoms with Gasteiger partial charge in [-0.3, -0.25) is 9.69 Å². The minimum absolute atomic E-state index is 0.318. The molecular formula is C30H31FN6O2. The van der Waals surface area contributed by atoms with E-state index >= 15 is 4.39 Å². The first kappa shape index (κ1) is 26.3. The monoisotopic (exact) mass is 526 g/mol. The number of benzene rings is 3. The number of nitrogens with zero attached hydrogens (tertiary/aromatic N) is 4. The smallest absolute Gasteiger partial charge is 0.247 e. The number of amides is 1. The summed E-state index contributed by atoms with van der Waals surface area (Å²) in [7, 11) is 0. The lowest BCUT2D eigenvalue weighted by molar-refractivity contribution is -0.111. The molecule has 4 aromatic rings. The third-order valence-electron chi connectivity index (χ3n) is 6.69. The van der Waals surface area contributed by atoms with Crippen molar-refractivity contribution in [3.05, 3.63) is 85.3 Å². The Balaban J connectivity index is 1.35. The maximum absolute atomic E-state index is 15.1. The van der Waals surface area contributed by atoms with Gasteiger partial charge >= 0.3 is 0 Å². The molecular weight excluding hydrogens is 495 g/mol. The largest absolute Gasteiger partial charge is 0.392 e. The standard InChI is InChI=1S/C30H31FN6O2/c1-3-27(39)33-24-6-4-5-21(17-24)28-26(31)12-7-22-18-32-30(35-29(22)28)34-23-8-10-25(11-9-23)37-15-13-36(14-16-37)19-20(2)38/h3-12,17-18,20,38H,1,13-16,19H2,2H3,(H,33,39)(H,32,34,35). The minimum Gasteiger partial charge on any atom is -0.392 e. The van der Waals surface area contributed by atoms with Crippen molar-refractivity contribution in [1.82, 2.24) is 14.9 Å². The van der Waals surface area contributed by atoms with E-state index in [1.165, 1.54) is 12.1 Å². The zero-order valence-electron chi connectivity index (χ0n) is 21.8. The van der Waals surface area contributed by atoms with Crippen LogP contribution in [0.15, 0.2) is 79.5 Å². The van der Waals surface area contributed by atoms with Gasteiger partial charge in [0, 0.05) is 66.9 Å². The van der Waals surface area contributed by atoms with E-state index in [1.807, 2.05) is 19.1 Å². The summed E-state index contributed by atoms with van der Waals surface area (Å²) in [6.45, 7) is 9.62. The Morgan fingerprint density at radius 1 is 1.10 bits per heavy atom. The highest BCUT2D eigenvalue weighted by Crippen LogP contribution is 2.32. The summed E-state index contributed by atoms with van der Waals surface area (Å²) >= 11 is 0. The molecule has 1 fully saturated rings. The maximum Gasteiger partial charge on any atom is 0.247 e. The quantitative estimate of drug-likeness (QED) is 0.284. The highest BCUT2D eigenvalue weighted by molar-refractivity contribution is 6.00. The minimum atomic E-state index is -0.419. The molecule has 1 saturated heterocycles. The second kappa shape index (κ2) is 11.6. The number of nitrogens with one attached hydrogen (secondary N) is 2. The van der Waals surface area contributed by atoms with Crippen molar-refractivity contribution < 1.29 is 14.3 Å². The van der Waals surface area contributed by atoms with Crippen molar-refractivity contribution in [1.29, 1.82) is 0 Å². The summed E-state index contributed by atoms with van der Waals surface area (Å²) in [6.07, 6.45) is 2.53. The number of carbonyl (C=O) groups is 1. The summed E-state index contributed by atoms with van der Waals surface area (Å²) in [5.41, 5.74) is 3.86. The van der Waals surface area contributed by atoms with Gasteiger partial charge in [0.05, 0.1) is 11.6 Å². The van der Waals surface area contributed by atoms with Crippen LogP contribution in [0.1, 0.15) is 6.92 Å². The molecule has 9 heteroatoms. The number of halogens is 1. The number of β-amino-alcohol motifs (C(OH)–C–C–N with tert-alkyl or cyclic N) is 1. The normalized spacial score (nSPS) is 14.7. The molecule has 200 valence electrons. The van der Waals surface area contributed by atoms with Crippen LogP contribution in [0.2, 0.25) is 0 Å². The highest BCUT2D eigenvalue weighted by Gasteiger charge is 2.18. The number of aliphatic hydroxyl groups excluding tert-OH is 1. The van der Waals surface area contributed by atoms with E-state index in [0.717, 1.165) is 37.6 Å². The van der Waals surface area contributed by atoms with Crippen molar-refractivity contribution in [2.75, 3.05) is 48.3 Å². The Hall–Kier alpha value is -4.34. The van der Waals surface area contributed by atoms with Gasteiger partial charge in [0.2, 0.25) is 11.9 Å². The van der Waals surface area contributed by atoms with Crippen molar-refractivity contribution >= 4 is 39.8 Å².